The van der Waals surface area contributed by atoms with Gasteiger partial charge in [-0.15, -0.1) is 0 Å². The molecule has 0 fully saturated rings. The summed E-state index contributed by atoms with van der Waals surface area (Å²) in [6, 6.07) is 0. The third-order valence-electron chi connectivity index (χ3n) is 3.00. The molecule has 0 aliphatic carbocycles. The van der Waals surface area contributed by atoms with Gasteiger partial charge in [0.15, 0.2) is 11.5 Å². The van der Waals surface area contributed by atoms with Crippen molar-refractivity contribution in [2.24, 2.45) is 0 Å². The van der Waals surface area contributed by atoms with Crippen LogP contribution in [0.15, 0.2) is 8.95 Å². The molecular weight excluding hydrogens is 404 g/mol. The second-order valence-corrected chi connectivity index (χ2v) is 8.51. The van der Waals surface area contributed by atoms with Gasteiger partial charge in [0.25, 0.3) is 0 Å². The maximum absolute atomic E-state index is 11.0. The first-order valence-electron chi connectivity index (χ1n) is 6.44. The zero-order valence-corrected chi connectivity index (χ0v) is 16.1. The number of hydrogen-bond acceptors (Lipinski definition) is 3. The van der Waals surface area contributed by atoms with E-state index in [4.69, 9.17) is 9.84 Å². The molecule has 0 unspecified atom stereocenters. The van der Waals surface area contributed by atoms with Gasteiger partial charge in [-0.25, -0.2) is 4.79 Å². The molecule has 1 aromatic rings. The first-order chi connectivity index (χ1) is 9.28. The van der Waals surface area contributed by atoms with Crippen molar-refractivity contribution in [3.63, 3.8) is 0 Å². The van der Waals surface area contributed by atoms with Crippen LogP contribution in [0.2, 0.25) is 0 Å². The number of carbonyl (C=O) groups is 1. The van der Waals surface area contributed by atoms with E-state index >= 15 is 0 Å². The molecule has 0 saturated heterocycles. The molecule has 0 aromatic heterocycles. The summed E-state index contributed by atoms with van der Waals surface area (Å²) in [4.78, 5) is 11.0. The fourth-order valence-corrected chi connectivity index (χ4v) is 4.15. The summed E-state index contributed by atoms with van der Waals surface area (Å²) in [5.74, 6) is -0.167. The average Bonchev–Trinajstić information content (AvgIpc) is 2.21. The molecule has 21 heavy (non-hydrogen) atoms. The Hall–Kier alpha value is -0.750. The van der Waals surface area contributed by atoms with Crippen molar-refractivity contribution >= 4 is 38.0 Å². The molecule has 0 amide bonds. The van der Waals surface area contributed by atoms with Crippen molar-refractivity contribution in [2.45, 2.75) is 52.4 Å². The van der Waals surface area contributed by atoms with Crippen LogP contribution >= 0.6 is 31.9 Å². The van der Waals surface area contributed by atoms with Gasteiger partial charge in [-0.3, -0.25) is 0 Å². The summed E-state index contributed by atoms with van der Waals surface area (Å²) in [5.41, 5.74) is 0.388. The molecule has 2 N–H and O–H groups in total. The van der Waals surface area contributed by atoms with Crippen LogP contribution < -0.4 is 4.74 Å². The highest BCUT2D eigenvalue weighted by Crippen LogP contribution is 2.52. The van der Waals surface area contributed by atoms with E-state index in [1.807, 2.05) is 41.5 Å². The zero-order chi connectivity index (χ0) is 16.7. The van der Waals surface area contributed by atoms with Crippen LogP contribution in [0.3, 0.4) is 0 Å². The topological polar surface area (TPSA) is 66.8 Å². The number of benzene rings is 1. The van der Waals surface area contributed by atoms with Gasteiger partial charge in [-0.1, -0.05) is 41.5 Å². The second-order valence-electron chi connectivity index (χ2n) is 6.92. The van der Waals surface area contributed by atoms with Crippen LogP contribution in [0.5, 0.6) is 11.5 Å². The zero-order valence-electron chi connectivity index (χ0n) is 13.0. The summed E-state index contributed by atoms with van der Waals surface area (Å²) >= 11 is 7.00. The highest BCUT2D eigenvalue weighted by Gasteiger charge is 2.34. The van der Waals surface area contributed by atoms with Gasteiger partial charge in [-0.05, 0) is 42.7 Å². The molecular formula is C15H20Br2O4. The van der Waals surface area contributed by atoms with Gasteiger partial charge >= 0.3 is 6.16 Å². The van der Waals surface area contributed by atoms with Crippen molar-refractivity contribution in [1.29, 1.82) is 0 Å². The first-order valence-corrected chi connectivity index (χ1v) is 8.02. The number of ether oxygens (including phenoxy) is 1. The van der Waals surface area contributed by atoms with Crippen LogP contribution in [0.1, 0.15) is 52.7 Å². The van der Waals surface area contributed by atoms with Crippen molar-refractivity contribution < 1.29 is 19.7 Å². The van der Waals surface area contributed by atoms with Crippen LogP contribution in [0.4, 0.5) is 4.79 Å². The van der Waals surface area contributed by atoms with Crippen molar-refractivity contribution in [3.8, 4) is 11.5 Å². The van der Waals surface area contributed by atoms with E-state index in [2.05, 4.69) is 31.9 Å². The molecule has 0 saturated carbocycles. The van der Waals surface area contributed by atoms with Crippen molar-refractivity contribution in [1.82, 2.24) is 0 Å². The van der Waals surface area contributed by atoms with Crippen LogP contribution in [-0.4, -0.2) is 16.4 Å². The standard InChI is InChI=1S/C15H20Br2O4/c1-14(2,3)7-9(16)10(17)8(15(4,5)6)12(11(7)18)21-13(19)20/h18H,1-6H3,(H,19,20). The van der Waals surface area contributed by atoms with E-state index in [9.17, 15) is 9.90 Å². The molecule has 0 aliphatic heterocycles. The predicted molar refractivity (Wildman–Crippen MR) is 89.6 cm³/mol. The van der Waals surface area contributed by atoms with Crippen LogP contribution in [-0.2, 0) is 10.8 Å². The Morgan fingerprint density at radius 3 is 1.67 bits per heavy atom. The lowest BCUT2D eigenvalue weighted by atomic mass is 9.80. The number of carboxylic acid groups (broad SMARTS) is 1. The molecule has 1 aromatic carbocycles. The Kier molecular flexibility index (Phi) is 5.05. The van der Waals surface area contributed by atoms with Crippen molar-refractivity contribution in [3.05, 3.63) is 20.1 Å². The molecule has 0 bridgehead atoms. The highest BCUT2D eigenvalue weighted by atomic mass is 79.9. The summed E-state index contributed by atoms with van der Waals surface area (Å²) in [6.07, 6.45) is -1.45. The highest BCUT2D eigenvalue weighted by molar-refractivity contribution is 9.13. The Labute approximate surface area is 141 Å². The quantitative estimate of drug-likeness (QED) is 0.457. The van der Waals surface area contributed by atoms with E-state index in [0.717, 1.165) is 0 Å². The normalized spacial score (nSPS) is 12.4. The molecule has 0 spiro atoms. The number of halogens is 2. The summed E-state index contributed by atoms with van der Waals surface area (Å²) in [7, 11) is 0. The Bertz CT molecular complexity index is 581. The van der Waals surface area contributed by atoms with Gasteiger partial charge < -0.3 is 14.9 Å². The smallest absolute Gasteiger partial charge is 0.504 e. The first kappa shape index (κ1) is 18.3. The second kappa shape index (κ2) is 5.80. The Morgan fingerprint density at radius 2 is 1.33 bits per heavy atom. The molecule has 0 aliphatic rings. The average molecular weight is 424 g/mol. The maximum Gasteiger partial charge on any atom is 0.511 e. The van der Waals surface area contributed by atoms with E-state index in [-0.39, 0.29) is 11.5 Å². The molecule has 0 atom stereocenters. The maximum atomic E-state index is 11.0. The molecule has 4 nitrogen and oxygen atoms in total. The van der Waals surface area contributed by atoms with E-state index in [1.165, 1.54) is 0 Å². The summed E-state index contributed by atoms with van der Waals surface area (Å²) in [6.45, 7) is 11.6. The molecule has 6 heteroatoms. The van der Waals surface area contributed by atoms with Gasteiger partial charge in [0.05, 0.1) is 0 Å². The van der Waals surface area contributed by atoms with Crippen LogP contribution in [0.25, 0.3) is 0 Å². The minimum absolute atomic E-state index is 0.0185. The largest absolute Gasteiger partial charge is 0.511 e. The molecule has 0 radical (unpaired) electrons. The number of hydrogen-bond donors (Lipinski definition) is 2. The third kappa shape index (κ3) is 3.72. The number of rotatable bonds is 1. The lowest BCUT2D eigenvalue weighted by Crippen LogP contribution is -2.20. The van der Waals surface area contributed by atoms with Gasteiger partial charge in [0.2, 0.25) is 0 Å². The van der Waals surface area contributed by atoms with Crippen LogP contribution in [0, 0.1) is 0 Å². The monoisotopic (exact) mass is 422 g/mol. The lowest BCUT2D eigenvalue weighted by Gasteiger charge is -2.30. The van der Waals surface area contributed by atoms with Gasteiger partial charge in [0, 0.05) is 20.1 Å². The number of phenols is 1. The number of phenolic OH excluding ortho intramolecular Hbond substituents is 1. The third-order valence-corrected chi connectivity index (χ3v) is 5.12. The summed E-state index contributed by atoms with van der Waals surface area (Å²) in [5, 5.41) is 19.6. The minimum atomic E-state index is -1.45. The van der Waals surface area contributed by atoms with E-state index in [1.54, 1.807) is 0 Å². The number of aromatic hydroxyl groups is 1. The van der Waals surface area contributed by atoms with Gasteiger partial charge in [-0.2, -0.15) is 0 Å². The molecule has 0 heterocycles. The Balaban J connectivity index is 3.88. The van der Waals surface area contributed by atoms with E-state index in [0.29, 0.717) is 20.1 Å². The fourth-order valence-electron chi connectivity index (χ4n) is 2.20. The lowest BCUT2D eigenvalue weighted by molar-refractivity contribution is 0.141. The van der Waals surface area contributed by atoms with E-state index < -0.39 is 17.0 Å². The molecule has 1 rings (SSSR count). The van der Waals surface area contributed by atoms with Gasteiger partial charge in [0.1, 0.15) is 0 Å². The minimum Gasteiger partial charge on any atom is -0.504 e. The Morgan fingerprint density at radius 1 is 0.952 bits per heavy atom. The van der Waals surface area contributed by atoms with Crippen molar-refractivity contribution in [2.75, 3.05) is 0 Å². The predicted octanol–water partition coefficient (Wildman–Crippen LogP) is 5.57. The fraction of sp³-hybridized carbons (Fsp3) is 0.533. The summed E-state index contributed by atoms with van der Waals surface area (Å²) < 4.78 is 6.28. The SMILES string of the molecule is CC(C)(C)c1c(O)c(OC(=O)O)c(C(C)(C)C)c(Br)c1Br. The molecule has 118 valence electrons.